The maximum atomic E-state index is 11.1. The molecule has 0 saturated carbocycles. The van der Waals surface area contributed by atoms with Crippen LogP contribution in [0.4, 0.5) is 0 Å². The molecule has 0 unspecified atom stereocenters. The first kappa shape index (κ1) is 27.0. The fraction of sp³-hybridized carbons (Fsp3) is 0.167. The molecule has 0 bridgehead atoms. The molecule has 4 rings (SSSR count). The Morgan fingerprint density at radius 2 is 1.87 bits per heavy atom. The molecule has 0 atom stereocenters. The number of rotatable bonds is 6. The van der Waals surface area contributed by atoms with Gasteiger partial charge in [-0.25, -0.2) is 0 Å². The van der Waals surface area contributed by atoms with Crippen molar-refractivity contribution < 1.29 is 92.2 Å². The molecule has 0 spiro atoms. The van der Waals surface area contributed by atoms with Crippen LogP contribution in [-0.4, -0.2) is 24.5 Å². The molecule has 152 valence electrons. The first-order valence-corrected chi connectivity index (χ1v) is 11.7. The fourth-order valence-corrected chi connectivity index (χ4v) is 4.67. The third-order valence-corrected chi connectivity index (χ3v) is 6.22. The van der Waals surface area contributed by atoms with Crippen LogP contribution in [-0.2, 0) is 4.57 Å². The number of phosphoric ester groups is 1. The van der Waals surface area contributed by atoms with E-state index in [0.29, 0.717) is 27.7 Å². The zero-order valence-electron chi connectivity index (χ0n) is 17.2. The molecule has 31 heavy (non-hydrogen) atoms. The van der Waals surface area contributed by atoms with E-state index in [0.717, 1.165) is 16.0 Å². The van der Waals surface area contributed by atoms with Crippen molar-refractivity contribution in [2.45, 2.75) is 4.90 Å². The van der Waals surface area contributed by atoms with E-state index in [9.17, 15) is 14.4 Å². The summed E-state index contributed by atoms with van der Waals surface area (Å²) >= 11 is 2.54. The summed E-state index contributed by atoms with van der Waals surface area (Å²) in [5, 5.41) is 0. The van der Waals surface area contributed by atoms with Gasteiger partial charge in [-0.3, -0.25) is 0 Å². The Morgan fingerprint density at radius 3 is 2.55 bits per heavy atom. The molecule has 0 radical (unpaired) electrons. The smallest absolute Gasteiger partial charge is 0.780 e. The summed E-state index contributed by atoms with van der Waals surface area (Å²) in [6.45, 7) is 0.117. The molecule has 0 saturated heterocycles. The second-order valence-corrected chi connectivity index (χ2v) is 8.61. The summed E-state index contributed by atoms with van der Waals surface area (Å²) < 4.78 is 36.4. The Labute approximate surface area is 231 Å². The summed E-state index contributed by atoms with van der Waals surface area (Å²) in [5.41, 5.74) is 2.21. The second-order valence-electron chi connectivity index (χ2n) is 5.89. The van der Waals surface area contributed by atoms with Gasteiger partial charge in [0, 0.05) is 22.2 Å². The van der Waals surface area contributed by atoms with Crippen LogP contribution >= 0.6 is 31.1 Å². The largest absolute Gasteiger partial charge is 1.00 e. The molecule has 1 aliphatic rings. The number of fused-ring (bicyclic) bond motifs is 1. The molecule has 0 fully saturated rings. The quantitative estimate of drug-likeness (QED) is 0.202. The average molecular weight is 497 g/mol. The molecule has 13 heteroatoms. The van der Waals surface area contributed by atoms with Gasteiger partial charge < -0.3 is 33.1 Å². The van der Waals surface area contributed by atoms with Gasteiger partial charge in [-0.05, 0) is 47.6 Å². The number of methoxy groups -OCH3 is 1. The molecule has 1 aromatic heterocycles. The van der Waals surface area contributed by atoms with Gasteiger partial charge in [0.1, 0.15) is 13.6 Å². The van der Waals surface area contributed by atoms with Crippen LogP contribution in [0.1, 0.15) is 0 Å². The first-order valence-electron chi connectivity index (χ1n) is 8.22. The van der Waals surface area contributed by atoms with Crippen LogP contribution in [0.15, 0.2) is 41.4 Å². The van der Waals surface area contributed by atoms with Gasteiger partial charge in [0.05, 0.1) is 12.0 Å². The number of hydrogen-bond acceptors (Lipinski definition) is 10. The molecule has 8 nitrogen and oxygen atoms in total. The van der Waals surface area contributed by atoms with Gasteiger partial charge in [0.25, 0.3) is 0 Å². The molecular formula is C18H14NNa2O7PS2. The zero-order valence-corrected chi connectivity index (χ0v) is 23.8. The maximum absolute atomic E-state index is 11.1. The minimum Gasteiger partial charge on any atom is -0.780 e. The zero-order chi connectivity index (χ0) is 20.6. The summed E-state index contributed by atoms with van der Waals surface area (Å²) in [6, 6.07) is 8.69. The van der Waals surface area contributed by atoms with Crippen LogP contribution in [0.2, 0.25) is 0 Å². The minimum atomic E-state index is -5.19. The Kier molecular flexibility index (Phi) is 9.82. The number of nitrogens with zero attached hydrogens (tertiary/aromatic N) is 1. The molecule has 3 aromatic rings. The summed E-state index contributed by atoms with van der Waals surface area (Å²) in [7, 11) is -3.64. The summed E-state index contributed by atoms with van der Waals surface area (Å²) in [5.74, 6) is 1.64. The molecular weight excluding hydrogens is 483 g/mol. The number of benzene rings is 2. The minimum absolute atomic E-state index is 0. The maximum Gasteiger partial charge on any atom is 1.00 e. The van der Waals surface area contributed by atoms with E-state index in [-0.39, 0.29) is 71.7 Å². The molecule has 0 N–H and O–H groups in total. The van der Waals surface area contributed by atoms with Gasteiger partial charge in [0.15, 0.2) is 11.5 Å². The average Bonchev–Trinajstić information content (AvgIpc) is 3.35. The van der Waals surface area contributed by atoms with Crippen molar-refractivity contribution >= 4 is 31.1 Å². The van der Waals surface area contributed by atoms with Crippen molar-refractivity contribution in [3.63, 3.8) is 0 Å². The van der Waals surface area contributed by atoms with Gasteiger partial charge in [-0.1, -0.05) is 6.07 Å². The topological polar surface area (TPSA) is 113 Å². The van der Waals surface area contributed by atoms with E-state index in [1.807, 2.05) is 18.2 Å². The number of thioether (sulfide) groups is 1. The van der Waals surface area contributed by atoms with Crippen molar-refractivity contribution in [2.75, 3.05) is 20.2 Å². The molecule has 0 amide bonds. The summed E-state index contributed by atoms with van der Waals surface area (Å²) in [4.78, 5) is 23.6. The van der Waals surface area contributed by atoms with E-state index < -0.39 is 7.82 Å². The van der Waals surface area contributed by atoms with Crippen molar-refractivity contribution in [1.29, 1.82) is 0 Å². The van der Waals surface area contributed by atoms with Crippen molar-refractivity contribution in [1.82, 2.24) is 4.37 Å². The molecule has 2 aromatic carbocycles. The van der Waals surface area contributed by atoms with Crippen molar-refractivity contribution in [3.8, 4) is 44.6 Å². The van der Waals surface area contributed by atoms with Crippen LogP contribution in [0.3, 0.4) is 0 Å². The van der Waals surface area contributed by atoms with E-state index in [1.54, 1.807) is 25.6 Å². The van der Waals surface area contributed by atoms with Gasteiger partial charge in [-0.2, -0.15) is 4.37 Å². The Balaban J connectivity index is 0.00000171. The predicted octanol–water partition coefficient (Wildman–Crippen LogP) is -2.85. The van der Waals surface area contributed by atoms with Gasteiger partial charge >= 0.3 is 59.1 Å². The van der Waals surface area contributed by atoms with Gasteiger partial charge in [0.2, 0.25) is 12.5 Å². The molecule has 0 aliphatic carbocycles. The van der Waals surface area contributed by atoms with Crippen molar-refractivity contribution in [2.24, 2.45) is 0 Å². The van der Waals surface area contributed by atoms with Crippen LogP contribution in [0, 0.1) is 0 Å². The van der Waals surface area contributed by atoms with Crippen LogP contribution in [0.25, 0.3) is 21.6 Å². The summed E-state index contributed by atoms with van der Waals surface area (Å²) in [6.07, 6.45) is 3.43. The Hall–Kier alpha value is -0.230. The van der Waals surface area contributed by atoms with Crippen LogP contribution < -0.4 is 87.6 Å². The standard InChI is InChI=1S/C18H16NO7PS2.2Na/c1-23-14-6-11(7-15-17(14)25-9-24-15)18-12(8-19-29-18)10-3-4-16(28-2)13(5-10)26-27(20,21)22;;/h3-8H,9H2,1-2H3,(H2,20,21,22);;/q;2*+1/p-2. The van der Waals surface area contributed by atoms with Crippen LogP contribution in [0.5, 0.6) is 23.0 Å². The molecule has 2 heterocycles. The Bertz CT molecular complexity index is 1120. The fourth-order valence-electron chi connectivity index (χ4n) is 2.95. The number of phosphoric acid groups is 1. The normalized spacial score (nSPS) is 12.0. The van der Waals surface area contributed by atoms with Crippen molar-refractivity contribution in [3.05, 3.63) is 36.5 Å². The van der Waals surface area contributed by atoms with Gasteiger partial charge in [-0.15, -0.1) is 11.8 Å². The first-order chi connectivity index (χ1) is 13.9. The van der Waals surface area contributed by atoms with E-state index >= 15 is 0 Å². The molecule has 1 aliphatic heterocycles. The third kappa shape index (κ3) is 6.02. The predicted molar refractivity (Wildman–Crippen MR) is 106 cm³/mol. The number of hydrogen-bond donors (Lipinski definition) is 0. The van der Waals surface area contributed by atoms with E-state index in [4.69, 9.17) is 14.2 Å². The number of aromatic nitrogens is 1. The Morgan fingerprint density at radius 1 is 1.13 bits per heavy atom. The second kappa shape index (κ2) is 11.3. The third-order valence-electron chi connectivity index (χ3n) is 4.18. The van der Waals surface area contributed by atoms with E-state index in [1.165, 1.54) is 29.4 Å². The number of ether oxygens (including phenoxy) is 3. The monoisotopic (exact) mass is 497 g/mol. The van der Waals surface area contributed by atoms with E-state index in [2.05, 4.69) is 8.90 Å². The SMILES string of the molecule is COc1cc(-c2sncc2-c2ccc(SC)c(OP(=O)([O-])[O-])c2)cc2c1OCO2.[Na+].[Na+].